The van der Waals surface area contributed by atoms with Crippen molar-refractivity contribution in [1.29, 1.82) is 0 Å². The van der Waals surface area contributed by atoms with Crippen LogP contribution in [0, 0.1) is 0 Å². The van der Waals surface area contributed by atoms with E-state index in [0.717, 1.165) is 21.3 Å². The number of carbonyl (C=O) groups is 2. The predicted octanol–water partition coefficient (Wildman–Crippen LogP) is 2.29. The average molecular weight is 381 g/mol. The number of rotatable bonds is 4. The Morgan fingerprint density at radius 3 is 2.78 bits per heavy atom. The molecule has 0 unspecified atom stereocenters. The highest BCUT2D eigenvalue weighted by atomic mass is 32.1. The molecule has 138 valence electrons. The zero-order valence-corrected chi connectivity index (χ0v) is 15.4. The lowest BCUT2D eigenvalue weighted by molar-refractivity contribution is -0.128. The maximum Gasteiger partial charge on any atom is 0.254 e. The van der Waals surface area contributed by atoms with Gasteiger partial charge in [0.1, 0.15) is 6.04 Å². The fraction of sp³-hybridized carbons (Fsp3) is 0.250. The topological polar surface area (TPSA) is 82.5 Å². The first-order valence-electron chi connectivity index (χ1n) is 8.80. The summed E-state index contributed by atoms with van der Waals surface area (Å²) in [5.74, 6) is -0.401. The summed E-state index contributed by atoms with van der Waals surface area (Å²) in [5, 5.41) is 12.0. The Kier molecular flexibility index (Phi) is 4.87. The predicted molar refractivity (Wildman–Crippen MR) is 105 cm³/mol. The minimum Gasteiger partial charge on any atom is -0.396 e. The van der Waals surface area contributed by atoms with Crippen LogP contribution in [-0.4, -0.2) is 52.5 Å². The zero-order chi connectivity index (χ0) is 18.8. The number of fused-ring (bicyclic) bond motifs is 1. The molecule has 1 aliphatic rings. The molecule has 2 amide bonds. The largest absolute Gasteiger partial charge is 0.396 e. The molecule has 0 radical (unpaired) electrons. The van der Waals surface area contributed by atoms with E-state index in [1.807, 2.05) is 35.8 Å². The number of aliphatic hydroxyl groups excluding tert-OH is 1. The maximum atomic E-state index is 12.9. The van der Waals surface area contributed by atoms with Crippen molar-refractivity contribution in [1.82, 2.24) is 15.2 Å². The van der Waals surface area contributed by atoms with Gasteiger partial charge in [-0.1, -0.05) is 18.2 Å². The number of carbonyl (C=O) groups excluding carboxylic acids is 2. The monoisotopic (exact) mass is 381 g/mol. The molecule has 0 saturated carbocycles. The quantitative estimate of drug-likeness (QED) is 0.726. The first-order valence-corrected chi connectivity index (χ1v) is 9.68. The van der Waals surface area contributed by atoms with E-state index >= 15 is 0 Å². The highest BCUT2D eigenvalue weighted by Crippen LogP contribution is 2.26. The van der Waals surface area contributed by atoms with Crippen LogP contribution in [0.2, 0.25) is 0 Å². The highest BCUT2D eigenvalue weighted by Gasteiger charge is 2.32. The Labute approximate surface area is 160 Å². The van der Waals surface area contributed by atoms with Crippen molar-refractivity contribution < 1.29 is 14.7 Å². The minimum absolute atomic E-state index is 0.139. The number of benzene rings is 2. The Hall–Kier alpha value is -2.77. The van der Waals surface area contributed by atoms with Gasteiger partial charge >= 0.3 is 0 Å². The number of hydrogen-bond acceptors (Lipinski definition) is 5. The summed E-state index contributed by atoms with van der Waals surface area (Å²) in [4.78, 5) is 30.8. The molecule has 1 atom stereocenters. The molecule has 1 saturated heterocycles. The number of thiazole rings is 1. The van der Waals surface area contributed by atoms with Gasteiger partial charge in [-0.05, 0) is 41.8 Å². The number of aliphatic hydroxyl groups is 1. The van der Waals surface area contributed by atoms with Crippen molar-refractivity contribution >= 4 is 33.4 Å². The van der Waals surface area contributed by atoms with Crippen LogP contribution in [0.5, 0.6) is 0 Å². The van der Waals surface area contributed by atoms with Gasteiger partial charge < -0.3 is 15.3 Å². The van der Waals surface area contributed by atoms with Gasteiger partial charge in [0, 0.05) is 25.3 Å². The normalized spacial score (nSPS) is 17.1. The van der Waals surface area contributed by atoms with Gasteiger partial charge in [0.15, 0.2) is 0 Å². The van der Waals surface area contributed by atoms with Crippen LogP contribution in [0.1, 0.15) is 16.8 Å². The van der Waals surface area contributed by atoms with Crippen LogP contribution >= 0.6 is 11.3 Å². The van der Waals surface area contributed by atoms with Crippen LogP contribution < -0.4 is 5.32 Å². The van der Waals surface area contributed by atoms with Crippen LogP contribution in [0.15, 0.2) is 48.0 Å². The molecule has 0 spiro atoms. The van der Waals surface area contributed by atoms with E-state index in [4.69, 9.17) is 0 Å². The molecule has 6 nitrogen and oxygen atoms in total. The average Bonchev–Trinajstić information content (AvgIpc) is 3.17. The molecule has 2 N–H and O–H groups in total. The van der Waals surface area contributed by atoms with Gasteiger partial charge in [0.05, 0.1) is 15.7 Å². The third kappa shape index (κ3) is 3.43. The molecule has 1 aromatic heterocycles. The Morgan fingerprint density at radius 1 is 1.22 bits per heavy atom. The van der Waals surface area contributed by atoms with Crippen LogP contribution in [0.3, 0.4) is 0 Å². The van der Waals surface area contributed by atoms with Crippen LogP contribution in [-0.2, 0) is 4.79 Å². The van der Waals surface area contributed by atoms with Gasteiger partial charge in [-0.3, -0.25) is 9.59 Å². The van der Waals surface area contributed by atoms with Gasteiger partial charge in [-0.25, -0.2) is 4.98 Å². The number of piperazine rings is 1. The van der Waals surface area contributed by atoms with Crippen molar-refractivity contribution in [2.24, 2.45) is 0 Å². The molecular formula is C20H19N3O3S. The number of hydrogen-bond donors (Lipinski definition) is 2. The van der Waals surface area contributed by atoms with Crippen molar-refractivity contribution in [3.05, 3.63) is 53.5 Å². The molecule has 3 aromatic rings. The number of nitrogens with zero attached hydrogens (tertiary/aromatic N) is 2. The van der Waals surface area contributed by atoms with Crippen molar-refractivity contribution in [2.75, 3.05) is 19.7 Å². The molecule has 2 aromatic carbocycles. The lowest BCUT2D eigenvalue weighted by Crippen LogP contribution is -2.57. The van der Waals surface area contributed by atoms with E-state index < -0.39 is 6.04 Å². The fourth-order valence-corrected chi connectivity index (χ4v) is 4.03. The van der Waals surface area contributed by atoms with Crippen molar-refractivity contribution in [3.63, 3.8) is 0 Å². The van der Waals surface area contributed by atoms with E-state index in [1.54, 1.807) is 28.4 Å². The molecule has 4 rings (SSSR count). The second-order valence-electron chi connectivity index (χ2n) is 6.43. The maximum absolute atomic E-state index is 12.9. The molecule has 0 bridgehead atoms. The number of amides is 2. The summed E-state index contributed by atoms with van der Waals surface area (Å²) in [5.41, 5.74) is 5.37. The second kappa shape index (κ2) is 7.46. The standard InChI is InChI=1S/C20H19N3O3S/c24-10-7-17-19(25)21-8-9-23(17)20(26)14-3-1-13(2-4-14)15-5-6-18-16(11-15)22-12-27-18/h1-6,11-12,17,24H,7-10H2,(H,21,25)/t17-/m0/s1. The summed E-state index contributed by atoms with van der Waals surface area (Å²) in [6, 6.07) is 12.9. The van der Waals surface area contributed by atoms with Gasteiger partial charge in [-0.15, -0.1) is 11.3 Å². The van der Waals surface area contributed by atoms with Crippen molar-refractivity contribution in [2.45, 2.75) is 12.5 Å². The molecule has 1 fully saturated rings. The first-order chi connectivity index (χ1) is 13.2. The Morgan fingerprint density at radius 2 is 2.00 bits per heavy atom. The third-order valence-corrected chi connectivity index (χ3v) is 5.60. The van der Waals surface area contributed by atoms with Crippen molar-refractivity contribution in [3.8, 4) is 11.1 Å². The molecule has 0 aliphatic carbocycles. The number of nitrogens with one attached hydrogen (secondary N) is 1. The Bertz CT molecular complexity index is 984. The van der Waals surface area contributed by atoms with Crippen LogP contribution in [0.25, 0.3) is 21.3 Å². The highest BCUT2D eigenvalue weighted by molar-refractivity contribution is 7.16. The lowest BCUT2D eigenvalue weighted by Gasteiger charge is -2.34. The molecular weight excluding hydrogens is 362 g/mol. The van der Waals surface area contributed by atoms with Gasteiger partial charge in [0.25, 0.3) is 5.91 Å². The summed E-state index contributed by atoms with van der Waals surface area (Å²) >= 11 is 1.61. The second-order valence-corrected chi connectivity index (χ2v) is 7.32. The smallest absolute Gasteiger partial charge is 0.254 e. The third-order valence-electron chi connectivity index (χ3n) is 4.79. The molecule has 7 heteroatoms. The lowest BCUT2D eigenvalue weighted by atomic mass is 10.0. The van der Waals surface area contributed by atoms with Gasteiger partial charge in [-0.2, -0.15) is 0 Å². The van der Waals surface area contributed by atoms with E-state index in [9.17, 15) is 14.7 Å². The zero-order valence-electron chi connectivity index (χ0n) is 14.6. The SMILES string of the molecule is O=C1NCCN(C(=O)c2ccc(-c3ccc4scnc4c3)cc2)[C@H]1CCO. The van der Waals surface area contributed by atoms with E-state index in [1.165, 1.54) is 0 Å². The molecule has 2 heterocycles. The summed E-state index contributed by atoms with van der Waals surface area (Å²) < 4.78 is 1.14. The first kappa shape index (κ1) is 17.6. The number of aromatic nitrogens is 1. The Balaban J connectivity index is 1.57. The summed E-state index contributed by atoms with van der Waals surface area (Å²) in [6.07, 6.45) is 0.239. The van der Waals surface area contributed by atoms with Gasteiger partial charge in [0.2, 0.25) is 5.91 Å². The molecule has 1 aliphatic heterocycles. The fourth-order valence-electron chi connectivity index (χ4n) is 3.38. The van der Waals surface area contributed by atoms with E-state index in [-0.39, 0.29) is 24.8 Å². The van der Waals surface area contributed by atoms with E-state index in [2.05, 4.69) is 10.3 Å². The van der Waals surface area contributed by atoms with E-state index in [0.29, 0.717) is 18.7 Å². The summed E-state index contributed by atoms with van der Waals surface area (Å²) in [7, 11) is 0. The minimum atomic E-state index is -0.622. The van der Waals surface area contributed by atoms with Crippen LogP contribution in [0.4, 0.5) is 0 Å². The molecule has 27 heavy (non-hydrogen) atoms. The summed E-state index contributed by atoms with van der Waals surface area (Å²) in [6.45, 7) is 0.732.